The van der Waals surface area contributed by atoms with Gasteiger partial charge in [-0.1, -0.05) is 13.3 Å². The van der Waals surface area contributed by atoms with Gasteiger partial charge >= 0.3 is 22.3 Å². The van der Waals surface area contributed by atoms with Gasteiger partial charge in [0.05, 0.1) is 5.75 Å². The van der Waals surface area contributed by atoms with Crippen LogP contribution in [0.25, 0.3) is 0 Å². The van der Waals surface area contributed by atoms with Crippen LogP contribution < -0.4 is 0 Å². The average Bonchev–Trinajstić information content (AvgIpc) is 1.98. The lowest BCUT2D eigenvalue weighted by Crippen LogP contribution is -2.29. The molecule has 0 aromatic carbocycles. The molecule has 8 heteroatoms. The molecule has 84 valence electrons. The summed E-state index contributed by atoms with van der Waals surface area (Å²) in [4.78, 5) is 10.1. The molecule has 0 unspecified atom stereocenters. The topological polar surface area (TPSA) is 60.4 Å². The van der Waals surface area contributed by atoms with Gasteiger partial charge in [0.2, 0.25) is 0 Å². The fourth-order valence-electron chi connectivity index (χ4n) is 0.525. The van der Waals surface area contributed by atoms with Crippen LogP contribution in [0, 0.1) is 0 Å². The summed E-state index contributed by atoms with van der Waals surface area (Å²) in [6.07, 6.45) is -4.66. The van der Waals surface area contributed by atoms with E-state index in [1.54, 1.807) is 6.92 Å². The monoisotopic (exact) mass is 234 g/mol. The first-order valence-electron chi connectivity index (χ1n) is 3.72. The van der Waals surface area contributed by atoms with Crippen molar-refractivity contribution in [1.29, 1.82) is 0 Å². The van der Waals surface area contributed by atoms with E-state index < -0.39 is 28.0 Å². The molecule has 0 spiro atoms. The second-order valence-electron chi connectivity index (χ2n) is 2.48. The van der Waals surface area contributed by atoms with Crippen molar-refractivity contribution < 1.29 is 30.6 Å². The lowest BCUT2D eigenvalue weighted by Gasteiger charge is -2.06. The maximum atomic E-state index is 11.6. The van der Waals surface area contributed by atoms with Gasteiger partial charge in [0.25, 0.3) is 0 Å². The van der Waals surface area contributed by atoms with E-state index in [2.05, 4.69) is 4.18 Å². The van der Waals surface area contributed by atoms with Gasteiger partial charge in [-0.3, -0.25) is 0 Å². The summed E-state index contributed by atoms with van der Waals surface area (Å²) < 4.78 is 59.4. The molecule has 0 rings (SSSR count). The molecule has 14 heavy (non-hydrogen) atoms. The van der Waals surface area contributed by atoms with E-state index in [0.29, 0.717) is 6.42 Å². The van der Waals surface area contributed by atoms with Gasteiger partial charge in [-0.05, 0) is 6.42 Å². The zero-order chi connectivity index (χ0) is 11.4. The Balaban J connectivity index is 4.31. The Kier molecular flexibility index (Phi) is 4.37. The van der Waals surface area contributed by atoms with Gasteiger partial charge in [-0.25, -0.2) is 4.79 Å². The number of hydrogen-bond acceptors (Lipinski definition) is 4. The van der Waals surface area contributed by atoms with E-state index >= 15 is 0 Å². The van der Waals surface area contributed by atoms with Crippen molar-refractivity contribution in [3.8, 4) is 0 Å². The van der Waals surface area contributed by atoms with Crippen LogP contribution in [0.1, 0.15) is 19.8 Å². The molecule has 0 saturated heterocycles. The summed E-state index contributed by atoms with van der Waals surface area (Å²) in [7, 11) is -4.40. The zero-order valence-electron chi connectivity index (χ0n) is 7.30. The Morgan fingerprint density at radius 2 is 1.86 bits per heavy atom. The smallest absolute Gasteiger partial charge is 0.338 e. The van der Waals surface area contributed by atoms with Crippen LogP contribution in [0.2, 0.25) is 0 Å². The summed E-state index contributed by atoms with van der Waals surface area (Å²) in [5, 5.41) is 0. The fraction of sp³-hybridized carbons (Fsp3) is 0.833. The number of carbonyl (C=O) groups excluding carboxylic acids is 1. The molecule has 0 aliphatic carbocycles. The van der Waals surface area contributed by atoms with Gasteiger partial charge in [0.15, 0.2) is 0 Å². The highest BCUT2D eigenvalue weighted by Crippen LogP contribution is 2.18. The van der Waals surface area contributed by atoms with Crippen molar-refractivity contribution in [2.24, 2.45) is 0 Å². The van der Waals surface area contributed by atoms with E-state index in [9.17, 15) is 26.4 Å². The van der Waals surface area contributed by atoms with E-state index in [1.807, 2.05) is 0 Å². The molecule has 0 heterocycles. The number of rotatable bonds is 4. The van der Waals surface area contributed by atoms with Crippen molar-refractivity contribution in [3.05, 3.63) is 0 Å². The highest BCUT2D eigenvalue weighted by atomic mass is 32.2. The van der Waals surface area contributed by atoms with Crippen LogP contribution in [0.15, 0.2) is 0 Å². The Labute approximate surface area is 79.2 Å². The van der Waals surface area contributed by atoms with Crippen LogP contribution >= 0.6 is 0 Å². The predicted octanol–water partition coefficient (Wildman–Crippen LogP) is 1.22. The average molecular weight is 234 g/mol. The molecular weight excluding hydrogens is 225 g/mol. The molecule has 0 aromatic heterocycles. The van der Waals surface area contributed by atoms with Gasteiger partial charge in [-0.15, -0.1) is 0 Å². The summed E-state index contributed by atoms with van der Waals surface area (Å²) in [6, 6.07) is 0. The quantitative estimate of drug-likeness (QED) is 0.686. The van der Waals surface area contributed by atoms with E-state index in [0.717, 1.165) is 0 Å². The maximum absolute atomic E-state index is 11.6. The van der Waals surface area contributed by atoms with Gasteiger partial charge < -0.3 is 4.18 Å². The van der Waals surface area contributed by atoms with Crippen molar-refractivity contribution in [3.63, 3.8) is 0 Å². The molecule has 0 atom stereocenters. The minimum absolute atomic E-state index is 0.146. The number of unbranched alkanes of at least 4 members (excludes halogenated alkanes) is 1. The second-order valence-corrected chi connectivity index (χ2v) is 4.17. The van der Waals surface area contributed by atoms with Gasteiger partial charge in [-0.2, -0.15) is 21.6 Å². The third-order valence-electron chi connectivity index (χ3n) is 1.18. The van der Waals surface area contributed by atoms with Gasteiger partial charge in [0.1, 0.15) is 0 Å². The Morgan fingerprint density at radius 1 is 1.36 bits per heavy atom. The van der Waals surface area contributed by atoms with Gasteiger partial charge in [0, 0.05) is 0 Å². The molecule has 0 amide bonds. The summed E-state index contributed by atoms with van der Waals surface area (Å²) in [6.45, 7) is 1.65. The molecule has 0 aromatic rings. The SMILES string of the molecule is CCCCS(=O)(=O)OC(=O)C(F)(F)F. The molecule has 0 aliphatic heterocycles. The molecule has 0 N–H and O–H groups in total. The molecular formula is C6H9F3O4S. The molecule has 0 aliphatic rings. The Bertz CT molecular complexity index is 293. The molecule has 0 fully saturated rings. The standard InChI is InChI=1S/C6H9F3O4S/c1-2-3-4-14(11,12)13-5(10)6(7,8)9/h2-4H2,1H3. The third kappa shape index (κ3) is 5.05. The van der Waals surface area contributed by atoms with E-state index in [-0.39, 0.29) is 6.42 Å². The number of alkyl halides is 3. The summed E-state index contributed by atoms with van der Waals surface area (Å²) in [5.41, 5.74) is 0. The largest absolute Gasteiger partial charge is 0.492 e. The second kappa shape index (κ2) is 4.63. The minimum atomic E-state index is -5.28. The number of carbonyl (C=O) groups is 1. The summed E-state index contributed by atoms with van der Waals surface area (Å²) in [5.74, 6) is -3.29. The highest BCUT2D eigenvalue weighted by molar-refractivity contribution is 7.87. The van der Waals surface area contributed by atoms with Crippen LogP contribution in [0.5, 0.6) is 0 Å². The van der Waals surface area contributed by atoms with Crippen LogP contribution in [0.4, 0.5) is 13.2 Å². The highest BCUT2D eigenvalue weighted by Gasteiger charge is 2.43. The molecule has 0 saturated carbocycles. The number of hydrogen-bond donors (Lipinski definition) is 0. The van der Waals surface area contributed by atoms with Crippen LogP contribution in [0.3, 0.4) is 0 Å². The van der Waals surface area contributed by atoms with Crippen molar-refractivity contribution in [2.75, 3.05) is 5.75 Å². The number of halogens is 3. The molecule has 4 nitrogen and oxygen atoms in total. The lowest BCUT2D eigenvalue weighted by molar-refractivity contribution is -0.189. The lowest BCUT2D eigenvalue weighted by atomic mass is 10.4. The predicted molar refractivity (Wildman–Crippen MR) is 40.8 cm³/mol. The van der Waals surface area contributed by atoms with E-state index in [1.165, 1.54) is 0 Å². The normalized spacial score (nSPS) is 12.6. The fourth-order valence-corrected chi connectivity index (χ4v) is 1.58. The zero-order valence-corrected chi connectivity index (χ0v) is 8.11. The molecule has 0 bridgehead atoms. The summed E-state index contributed by atoms with van der Waals surface area (Å²) >= 11 is 0. The van der Waals surface area contributed by atoms with Crippen molar-refractivity contribution in [1.82, 2.24) is 0 Å². The maximum Gasteiger partial charge on any atom is 0.492 e. The Hall–Kier alpha value is -0.790. The van der Waals surface area contributed by atoms with Crippen molar-refractivity contribution >= 4 is 16.1 Å². The van der Waals surface area contributed by atoms with Crippen LogP contribution in [-0.2, 0) is 19.1 Å². The third-order valence-corrected chi connectivity index (χ3v) is 2.38. The van der Waals surface area contributed by atoms with Crippen molar-refractivity contribution in [2.45, 2.75) is 25.9 Å². The first kappa shape index (κ1) is 13.2. The molecule has 0 radical (unpaired) electrons. The first-order valence-corrected chi connectivity index (χ1v) is 5.30. The van der Waals surface area contributed by atoms with Crippen LogP contribution in [-0.4, -0.2) is 26.3 Å². The Morgan fingerprint density at radius 3 is 2.21 bits per heavy atom. The first-order chi connectivity index (χ1) is 6.19. The van der Waals surface area contributed by atoms with E-state index in [4.69, 9.17) is 0 Å². The minimum Gasteiger partial charge on any atom is -0.338 e.